The minimum absolute atomic E-state index is 0.0755. The first-order valence-electron chi connectivity index (χ1n) is 11.4. The van der Waals surface area contributed by atoms with Crippen LogP contribution in [0.5, 0.6) is 0 Å². The summed E-state index contributed by atoms with van der Waals surface area (Å²) < 4.78 is 5.53. The Bertz CT molecular complexity index is 1030. The fourth-order valence-electron chi connectivity index (χ4n) is 5.23. The van der Waals surface area contributed by atoms with E-state index in [0.717, 1.165) is 35.1 Å². The maximum atomic E-state index is 13.0. The van der Waals surface area contributed by atoms with Gasteiger partial charge in [0.25, 0.3) is 0 Å². The number of likely N-dealkylation sites (tertiary alicyclic amines) is 1. The summed E-state index contributed by atoms with van der Waals surface area (Å²) in [6.07, 6.45) is 0.753. The van der Waals surface area contributed by atoms with E-state index < -0.39 is 35.5 Å². The third-order valence-electron chi connectivity index (χ3n) is 6.84. The second-order valence-electron chi connectivity index (χ2n) is 9.56. The summed E-state index contributed by atoms with van der Waals surface area (Å²) in [6, 6.07) is 14.3. The zero-order valence-corrected chi connectivity index (χ0v) is 19.2. The topological polar surface area (TPSA) is 95.9 Å². The van der Waals surface area contributed by atoms with E-state index in [1.165, 1.54) is 4.90 Å². The van der Waals surface area contributed by atoms with Crippen molar-refractivity contribution in [3.8, 4) is 11.1 Å². The van der Waals surface area contributed by atoms with Crippen LogP contribution in [-0.2, 0) is 14.3 Å². The number of nitrogens with one attached hydrogen (secondary N) is 1. The lowest BCUT2D eigenvalue weighted by Gasteiger charge is -2.44. The molecular formula is C26H30N2O5. The normalized spacial score (nSPS) is 19.8. The van der Waals surface area contributed by atoms with E-state index in [4.69, 9.17) is 4.74 Å². The summed E-state index contributed by atoms with van der Waals surface area (Å²) in [5.74, 6) is -1.52. The molecule has 2 atom stereocenters. The van der Waals surface area contributed by atoms with Gasteiger partial charge in [-0.15, -0.1) is 0 Å². The molecule has 1 aliphatic carbocycles. The van der Waals surface area contributed by atoms with Gasteiger partial charge in [-0.1, -0.05) is 62.4 Å². The first kappa shape index (κ1) is 22.8. The summed E-state index contributed by atoms with van der Waals surface area (Å²) in [4.78, 5) is 38.8. The van der Waals surface area contributed by atoms with Crippen LogP contribution in [0.4, 0.5) is 4.79 Å². The molecule has 0 saturated carbocycles. The van der Waals surface area contributed by atoms with Gasteiger partial charge in [-0.2, -0.15) is 0 Å². The van der Waals surface area contributed by atoms with E-state index in [9.17, 15) is 19.5 Å². The third kappa shape index (κ3) is 4.32. The third-order valence-corrected chi connectivity index (χ3v) is 6.84. The van der Waals surface area contributed by atoms with Crippen LogP contribution < -0.4 is 5.32 Å². The Hall–Kier alpha value is -3.35. The van der Waals surface area contributed by atoms with Crippen molar-refractivity contribution in [2.45, 2.75) is 51.6 Å². The van der Waals surface area contributed by atoms with E-state index in [2.05, 4.69) is 17.4 Å². The summed E-state index contributed by atoms with van der Waals surface area (Å²) in [6.45, 7) is 5.78. The van der Waals surface area contributed by atoms with Crippen molar-refractivity contribution in [3.63, 3.8) is 0 Å². The highest BCUT2D eigenvalue weighted by atomic mass is 16.5. The number of amides is 2. The highest BCUT2D eigenvalue weighted by Crippen LogP contribution is 2.44. The van der Waals surface area contributed by atoms with Crippen LogP contribution in [0.3, 0.4) is 0 Å². The van der Waals surface area contributed by atoms with Crippen LogP contribution >= 0.6 is 0 Å². The van der Waals surface area contributed by atoms with Crippen molar-refractivity contribution in [2.24, 2.45) is 5.41 Å². The van der Waals surface area contributed by atoms with E-state index in [1.54, 1.807) is 6.92 Å². The number of benzene rings is 2. The van der Waals surface area contributed by atoms with Crippen molar-refractivity contribution < 1.29 is 24.2 Å². The first-order chi connectivity index (χ1) is 15.7. The van der Waals surface area contributed by atoms with Gasteiger partial charge in [0.15, 0.2) is 0 Å². The average molecular weight is 451 g/mol. The molecule has 1 fully saturated rings. The SMILES string of the molecule is C[C@H](NC(=O)OCC1c2ccccc2-c2ccccc21)C(=O)N1CCCC(C)(C)C1C(=O)O. The molecule has 0 bridgehead atoms. The maximum absolute atomic E-state index is 13.0. The Morgan fingerprint density at radius 3 is 2.24 bits per heavy atom. The van der Waals surface area contributed by atoms with Gasteiger partial charge < -0.3 is 20.1 Å². The minimum Gasteiger partial charge on any atom is -0.480 e. The van der Waals surface area contributed by atoms with E-state index >= 15 is 0 Å². The number of piperidine rings is 1. The average Bonchev–Trinajstić information content (AvgIpc) is 3.09. The number of carbonyl (C=O) groups is 3. The molecule has 7 nitrogen and oxygen atoms in total. The molecule has 4 rings (SSSR count). The zero-order valence-electron chi connectivity index (χ0n) is 19.2. The second kappa shape index (κ2) is 8.89. The summed E-state index contributed by atoms with van der Waals surface area (Å²) in [5.41, 5.74) is 3.95. The quantitative estimate of drug-likeness (QED) is 0.717. The molecule has 0 spiro atoms. The molecule has 33 heavy (non-hydrogen) atoms. The van der Waals surface area contributed by atoms with Crippen LogP contribution in [0, 0.1) is 5.41 Å². The van der Waals surface area contributed by atoms with Gasteiger partial charge in [0.05, 0.1) is 0 Å². The molecule has 2 aliphatic rings. The number of aliphatic carboxylic acids is 1. The summed E-state index contributed by atoms with van der Waals surface area (Å²) in [5, 5.41) is 12.3. The molecule has 1 heterocycles. The number of fused-ring (bicyclic) bond motifs is 3. The second-order valence-corrected chi connectivity index (χ2v) is 9.56. The number of carboxylic acids is 1. The van der Waals surface area contributed by atoms with Gasteiger partial charge in [-0.25, -0.2) is 9.59 Å². The van der Waals surface area contributed by atoms with Gasteiger partial charge in [-0.05, 0) is 47.4 Å². The van der Waals surface area contributed by atoms with Crippen LogP contribution in [-0.4, -0.2) is 53.2 Å². The predicted octanol–water partition coefficient (Wildman–Crippen LogP) is 4.02. The standard InChI is InChI=1S/C26H30N2O5/c1-16(23(29)28-14-8-13-26(2,3)22(28)24(30)31)27-25(32)33-15-21-19-11-6-4-9-17(19)18-10-5-7-12-20(18)21/h4-7,9-12,16,21-22H,8,13-15H2,1-3H3,(H,27,32)(H,30,31)/t16-,22?/m0/s1. The fraction of sp³-hybridized carbons (Fsp3) is 0.423. The van der Waals surface area contributed by atoms with Crippen molar-refractivity contribution in [1.82, 2.24) is 10.2 Å². The van der Waals surface area contributed by atoms with Gasteiger partial charge in [0, 0.05) is 12.5 Å². The van der Waals surface area contributed by atoms with Gasteiger partial charge in [0.2, 0.25) is 5.91 Å². The number of carboxylic acid groups (broad SMARTS) is 1. The zero-order chi connectivity index (χ0) is 23.8. The summed E-state index contributed by atoms with van der Waals surface area (Å²) >= 11 is 0. The Balaban J connectivity index is 1.40. The highest BCUT2D eigenvalue weighted by Gasteiger charge is 2.45. The van der Waals surface area contributed by atoms with Crippen LogP contribution in [0.25, 0.3) is 11.1 Å². The molecule has 2 N–H and O–H groups in total. The highest BCUT2D eigenvalue weighted by molar-refractivity contribution is 5.89. The molecule has 2 amide bonds. The Morgan fingerprint density at radius 2 is 1.67 bits per heavy atom. The van der Waals surface area contributed by atoms with Crippen molar-refractivity contribution in [3.05, 3.63) is 59.7 Å². The number of alkyl carbamates (subject to hydrolysis) is 1. The minimum atomic E-state index is -1.03. The first-order valence-corrected chi connectivity index (χ1v) is 11.4. The Morgan fingerprint density at radius 1 is 1.09 bits per heavy atom. The maximum Gasteiger partial charge on any atom is 0.407 e. The molecule has 2 aromatic carbocycles. The Kier molecular flexibility index (Phi) is 6.15. The Labute approximate surface area is 193 Å². The van der Waals surface area contributed by atoms with Gasteiger partial charge >= 0.3 is 12.1 Å². The number of hydrogen-bond acceptors (Lipinski definition) is 4. The largest absolute Gasteiger partial charge is 0.480 e. The number of hydrogen-bond donors (Lipinski definition) is 2. The fourth-order valence-corrected chi connectivity index (χ4v) is 5.23. The molecule has 1 unspecified atom stereocenters. The van der Waals surface area contributed by atoms with E-state index in [1.807, 2.05) is 50.2 Å². The lowest BCUT2D eigenvalue weighted by atomic mass is 9.76. The number of nitrogens with zero attached hydrogens (tertiary/aromatic N) is 1. The molecule has 1 saturated heterocycles. The molecule has 0 aromatic heterocycles. The van der Waals surface area contributed by atoms with E-state index in [0.29, 0.717) is 6.54 Å². The smallest absolute Gasteiger partial charge is 0.407 e. The van der Waals surface area contributed by atoms with Crippen molar-refractivity contribution in [2.75, 3.05) is 13.2 Å². The lowest BCUT2D eigenvalue weighted by molar-refractivity contribution is -0.159. The van der Waals surface area contributed by atoms with Gasteiger partial charge in [0.1, 0.15) is 18.7 Å². The van der Waals surface area contributed by atoms with Crippen LogP contribution in [0.2, 0.25) is 0 Å². The molecular weight excluding hydrogens is 420 g/mol. The number of carbonyl (C=O) groups excluding carboxylic acids is 2. The summed E-state index contributed by atoms with van der Waals surface area (Å²) in [7, 11) is 0. The number of ether oxygens (including phenoxy) is 1. The lowest BCUT2D eigenvalue weighted by Crippen LogP contribution is -2.60. The molecule has 0 radical (unpaired) electrons. The molecule has 2 aromatic rings. The van der Waals surface area contributed by atoms with E-state index in [-0.39, 0.29) is 12.5 Å². The monoisotopic (exact) mass is 450 g/mol. The van der Waals surface area contributed by atoms with Crippen molar-refractivity contribution >= 4 is 18.0 Å². The van der Waals surface area contributed by atoms with Crippen LogP contribution in [0.15, 0.2) is 48.5 Å². The number of rotatable bonds is 5. The molecule has 1 aliphatic heterocycles. The van der Waals surface area contributed by atoms with Crippen molar-refractivity contribution in [1.29, 1.82) is 0 Å². The van der Waals surface area contributed by atoms with Crippen LogP contribution in [0.1, 0.15) is 50.7 Å². The predicted molar refractivity (Wildman–Crippen MR) is 124 cm³/mol. The van der Waals surface area contributed by atoms with Gasteiger partial charge in [-0.3, -0.25) is 4.79 Å². The molecule has 174 valence electrons. The molecule has 7 heteroatoms.